The number of aromatic nitrogens is 4. The summed E-state index contributed by atoms with van der Waals surface area (Å²) in [5.74, 6) is -0.0889. The molecule has 0 saturated carbocycles. The second-order valence-corrected chi connectivity index (χ2v) is 7.49. The van der Waals surface area contributed by atoms with Crippen LogP contribution in [0, 0.1) is 13.8 Å². The van der Waals surface area contributed by atoms with E-state index >= 15 is 0 Å². The van der Waals surface area contributed by atoms with Crippen molar-refractivity contribution < 1.29 is 4.79 Å². The Hall–Kier alpha value is -2.64. The molecule has 3 rings (SSSR count). The molecular weight excluding hydrogens is 376 g/mol. The lowest BCUT2D eigenvalue weighted by Gasteiger charge is -2.08. The smallest absolute Gasteiger partial charge is 0.229 e. The van der Waals surface area contributed by atoms with Crippen LogP contribution >= 0.6 is 11.6 Å². The molecule has 28 heavy (non-hydrogen) atoms. The van der Waals surface area contributed by atoms with E-state index in [1.54, 1.807) is 6.20 Å². The largest absolute Gasteiger partial charge is 0.323 e. The summed E-state index contributed by atoms with van der Waals surface area (Å²) in [6, 6.07) is 7.48. The van der Waals surface area contributed by atoms with E-state index in [9.17, 15) is 4.79 Å². The summed E-state index contributed by atoms with van der Waals surface area (Å²) in [6.45, 7) is 5.55. The second-order valence-electron chi connectivity index (χ2n) is 7.06. The van der Waals surface area contributed by atoms with E-state index < -0.39 is 0 Å². The first-order chi connectivity index (χ1) is 13.3. The van der Waals surface area contributed by atoms with Gasteiger partial charge < -0.3 is 10.2 Å². The number of nitrogens with one attached hydrogen (secondary N) is 1. The molecule has 0 aliphatic rings. The SMILES string of the molecule is Cc1nn(-c2ccc(Cl)cc2)c(C)c1CC(=O)Nc1cnn(CCN(C)C)c1. The van der Waals surface area contributed by atoms with Crippen LogP contribution in [0.4, 0.5) is 5.69 Å². The van der Waals surface area contributed by atoms with E-state index in [1.165, 1.54) is 0 Å². The molecule has 8 heteroatoms. The molecule has 0 saturated heterocycles. The van der Waals surface area contributed by atoms with Crippen LogP contribution < -0.4 is 5.32 Å². The molecular formula is C20H25ClN6O. The van der Waals surface area contributed by atoms with Gasteiger partial charge in [-0.05, 0) is 52.2 Å². The van der Waals surface area contributed by atoms with Gasteiger partial charge in [-0.1, -0.05) is 11.6 Å². The van der Waals surface area contributed by atoms with E-state index in [4.69, 9.17) is 11.6 Å². The average Bonchev–Trinajstić information content (AvgIpc) is 3.20. The van der Waals surface area contributed by atoms with Gasteiger partial charge in [0.05, 0.1) is 36.2 Å². The van der Waals surface area contributed by atoms with Crippen molar-refractivity contribution >= 4 is 23.2 Å². The molecule has 1 amide bonds. The van der Waals surface area contributed by atoms with E-state index in [-0.39, 0.29) is 12.3 Å². The maximum atomic E-state index is 12.5. The van der Waals surface area contributed by atoms with Crippen LogP contribution in [0.2, 0.25) is 5.02 Å². The number of hydrogen-bond donors (Lipinski definition) is 1. The zero-order valence-corrected chi connectivity index (χ0v) is 17.4. The molecule has 0 aliphatic heterocycles. The third kappa shape index (κ3) is 4.79. The Balaban J connectivity index is 1.68. The highest BCUT2D eigenvalue weighted by Gasteiger charge is 2.16. The highest BCUT2D eigenvalue weighted by Crippen LogP contribution is 2.20. The van der Waals surface area contributed by atoms with Crippen LogP contribution in [-0.2, 0) is 17.8 Å². The van der Waals surface area contributed by atoms with Crippen molar-refractivity contribution in [1.82, 2.24) is 24.5 Å². The monoisotopic (exact) mass is 400 g/mol. The average molecular weight is 401 g/mol. The summed E-state index contributed by atoms with van der Waals surface area (Å²) in [4.78, 5) is 14.6. The summed E-state index contributed by atoms with van der Waals surface area (Å²) >= 11 is 5.97. The molecule has 2 heterocycles. The molecule has 2 aromatic heterocycles. The molecule has 0 atom stereocenters. The minimum Gasteiger partial charge on any atom is -0.323 e. The van der Waals surface area contributed by atoms with Gasteiger partial charge in [0.15, 0.2) is 0 Å². The first-order valence-corrected chi connectivity index (χ1v) is 9.49. The molecule has 1 aromatic carbocycles. The van der Waals surface area contributed by atoms with Crippen molar-refractivity contribution in [1.29, 1.82) is 0 Å². The predicted molar refractivity (Wildman–Crippen MR) is 111 cm³/mol. The van der Waals surface area contributed by atoms with Gasteiger partial charge in [-0.3, -0.25) is 9.48 Å². The third-order valence-corrected chi connectivity index (χ3v) is 4.79. The van der Waals surface area contributed by atoms with Crippen molar-refractivity contribution in [2.24, 2.45) is 0 Å². The summed E-state index contributed by atoms with van der Waals surface area (Å²) in [5, 5.41) is 12.5. The van der Waals surface area contributed by atoms with Crippen molar-refractivity contribution in [2.75, 3.05) is 26.0 Å². The molecule has 0 fully saturated rings. The van der Waals surface area contributed by atoms with Gasteiger partial charge in [-0.25, -0.2) is 4.68 Å². The van der Waals surface area contributed by atoms with E-state index in [0.717, 1.165) is 35.7 Å². The quantitative estimate of drug-likeness (QED) is 0.661. The van der Waals surface area contributed by atoms with Crippen LogP contribution in [-0.4, -0.2) is 51.0 Å². The first-order valence-electron chi connectivity index (χ1n) is 9.11. The number of rotatable bonds is 7. The van der Waals surface area contributed by atoms with Crippen molar-refractivity contribution in [3.63, 3.8) is 0 Å². The molecule has 0 radical (unpaired) electrons. The fourth-order valence-electron chi connectivity index (χ4n) is 2.98. The van der Waals surface area contributed by atoms with Crippen LogP contribution in [0.5, 0.6) is 0 Å². The predicted octanol–water partition coefficient (Wildman–Crippen LogP) is 3.08. The van der Waals surface area contributed by atoms with E-state index in [2.05, 4.69) is 20.4 Å². The summed E-state index contributed by atoms with van der Waals surface area (Å²) in [6.07, 6.45) is 3.77. The fraction of sp³-hybridized carbons (Fsp3) is 0.350. The number of carbonyl (C=O) groups is 1. The van der Waals surface area contributed by atoms with Gasteiger partial charge in [-0.2, -0.15) is 10.2 Å². The summed E-state index contributed by atoms with van der Waals surface area (Å²) in [7, 11) is 4.03. The Morgan fingerprint density at radius 2 is 1.93 bits per heavy atom. The number of halogens is 1. The number of amides is 1. The standard InChI is InChI=1S/C20H25ClN6O/c1-14-19(15(2)27(24-14)18-7-5-16(21)6-8-18)11-20(28)23-17-12-22-26(13-17)10-9-25(3)4/h5-8,12-13H,9-11H2,1-4H3,(H,23,28). The molecule has 3 aromatic rings. The second kappa shape index (κ2) is 8.58. The maximum Gasteiger partial charge on any atom is 0.229 e. The lowest BCUT2D eigenvalue weighted by atomic mass is 10.1. The number of benzene rings is 1. The Morgan fingerprint density at radius 1 is 1.21 bits per heavy atom. The first kappa shape index (κ1) is 20.1. The van der Waals surface area contributed by atoms with Crippen molar-refractivity contribution in [2.45, 2.75) is 26.8 Å². The maximum absolute atomic E-state index is 12.5. The van der Waals surface area contributed by atoms with Gasteiger partial charge in [0.1, 0.15) is 0 Å². The Bertz CT molecular complexity index is 958. The number of anilines is 1. The summed E-state index contributed by atoms with van der Waals surface area (Å²) < 4.78 is 3.66. The highest BCUT2D eigenvalue weighted by atomic mass is 35.5. The lowest BCUT2D eigenvalue weighted by Crippen LogP contribution is -2.18. The van der Waals surface area contributed by atoms with Gasteiger partial charge in [0, 0.05) is 29.0 Å². The van der Waals surface area contributed by atoms with Gasteiger partial charge in [0.2, 0.25) is 5.91 Å². The minimum atomic E-state index is -0.0889. The number of nitrogens with zero attached hydrogens (tertiary/aromatic N) is 5. The number of aryl methyl sites for hydroxylation is 1. The molecule has 0 unspecified atom stereocenters. The molecule has 0 aliphatic carbocycles. The minimum absolute atomic E-state index is 0.0889. The van der Waals surface area contributed by atoms with Gasteiger partial charge in [0.25, 0.3) is 0 Å². The normalized spacial score (nSPS) is 11.2. The van der Waals surface area contributed by atoms with Crippen molar-refractivity contribution in [3.05, 3.63) is 58.6 Å². The van der Waals surface area contributed by atoms with Crippen LogP contribution in [0.1, 0.15) is 17.0 Å². The number of likely N-dealkylation sites (N-methyl/N-ethyl adjacent to an activating group) is 1. The zero-order valence-electron chi connectivity index (χ0n) is 16.6. The molecule has 0 spiro atoms. The molecule has 148 valence electrons. The lowest BCUT2D eigenvalue weighted by molar-refractivity contribution is -0.115. The van der Waals surface area contributed by atoms with Gasteiger partial charge >= 0.3 is 0 Å². The van der Waals surface area contributed by atoms with E-state index in [0.29, 0.717) is 10.7 Å². The Labute approximate surface area is 169 Å². The molecule has 1 N–H and O–H groups in total. The molecule has 0 bridgehead atoms. The van der Waals surface area contributed by atoms with Gasteiger partial charge in [-0.15, -0.1) is 0 Å². The molecule has 7 nitrogen and oxygen atoms in total. The Kier molecular flexibility index (Phi) is 6.16. The zero-order chi connectivity index (χ0) is 20.3. The fourth-order valence-corrected chi connectivity index (χ4v) is 3.11. The highest BCUT2D eigenvalue weighted by molar-refractivity contribution is 6.30. The van der Waals surface area contributed by atoms with Crippen LogP contribution in [0.3, 0.4) is 0 Å². The number of hydrogen-bond acceptors (Lipinski definition) is 4. The third-order valence-electron chi connectivity index (χ3n) is 4.54. The summed E-state index contributed by atoms with van der Waals surface area (Å²) in [5.41, 5.74) is 4.32. The van der Waals surface area contributed by atoms with E-state index in [1.807, 2.05) is 67.8 Å². The Morgan fingerprint density at radius 3 is 2.61 bits per heavy atom. The number of carbonyl (C=O) groups excluding carboxylic acids is 1. The topological polar surface area (TPSA) is 68.0 Å². The van der Waals surface area contributed by atoms with Crippen LogP contribution in [0.15, 0.2) is 36.7 Å². The van der Waals surface area contributed by atoms with Crippen LogP contribution in [0.25, 0.3) is 5.69 Å². The van der Waals surface area contributed by atoms with Crippen molar-refractivity contribution in [3.8, 4) is 5.69 Å².